The molecule has 1 unspecified atom stereocenters. The van der Waals surface area contributed by atoms with Crippen molar-refractivity contribution in [3.05, 3.63) is 23.7 Å². The van der Waals surface area contributed by atoms with Crippen molar-refractivity contribution in [1.29, 1.82) is 0 Å². The Morgan fingerprint density at radius 2 is 2.30 bits per heavy atom. The van der Waals surface area contributed by atoms with Crippen LogP contribution in [0.15, 0.2) is 16.5 Å². The highest BCUT2D eigenvalue weighted by Gasteiger charge is 2.24. The summed E-state index contributed by atoms with van der Waals surface area (Å²) in [6, 6.07) is 3.99. The van der Waals surface area contributed by atoms with E-state index in [2.05, 4.69) is 5.32 Å². The maximum Gasteiger partial charge on any atom is 0.225 e. The van der Waals surface area contributed by atoms with Crippen molar-refractivity contribution in [3.8, 4) is 0 Å². The fourth-order valence-electron chi connectivity index (χ4n) is 2.36. The molecular formula is C15H24N2O3. The van der Waals surface area contributed by atoms with Crippen molar-refractivity contribution in [3.63, 3.8) is 0 Å². The van der Waals surface area contributed by atoms with Crippen molar-refractivity contribution in [2.75, 3.05) is 19.7 Å². The average Bonchev–Trinajstić information content (AvgIpc) is 2.82. The minimum absolute atomic E-state index is 0.0177. The maximum absolute atomic E-state index is 12.4. The van der Waals surface area contributed by atoms with Gasteiger partial charge in [0.15, 0.2) is 0 Å². The van der Waals surface area contributed by atoms with Crippen LogP contribution >= 0.6 is 0 Å². The van der Waals surface area contributed by atoms with E-state index >= 15 is 0 Å². The van der Waals surface area contributed by atoms with Gasteiger partial charge in [0.25, 0.3) is 0 Å². The van der Waals surface area contributed by atoms with Gasteiger partial charge in [0.1, 0.15) is 11.5 Å². The molecule has 5 nitrogen and oxygen atoms in total. The average molecular weight is 280 g/mol. The van der Waals surface area contributed by atoms with Crippen LogP contribution in [0.2, 0.25) is 0 Å². The van der Waals surface area contributed by atoms with Crippen LogP contribution in [-0.4, -0.2) is 42.6 Å². The molecule has 0 aromatic carbocycles. The molecule has 2 rings (SSSR count). The molecule has 1 amide bonds. The molecule has 1 atom stereocenters. The Balaban J connectivity index is 1.94. The van der Waals surface area contributed by atoms with Crippen molar-refractivity contribution in [2.24, 2.45) is 0 Å². The van der Waals surface area contributed by atoms with Gasteiger partial charge in [-0.1, -0.05) is 0 Å². The molecule has 1 aromatic heterocycles. The van der Waals surface area contributed by atoms with Crippen LogP contribution in [0, 0.1) is 6.92 Å². The summed E-state index contributed by atoms with van der Waals surface area (Å²) in [7, 11) is 0. The Morgan fingerprint density at radius 1 is 1.50 bits per heavy atom. The molecule has 1 saturated heterocycles. The summed E-state index contributed by atoms with van der Waals surface area (Å²) in [5, 5.41) is 3.25. The van der Waals surface area contributed by atoms with E-state index in [0.29, 0.717) is 19.6 Å². The van der Waals surface area contributed by atoms with Gasteiger partial charge in [-0.15, -0.1) is 0 Å². The van der Waals surface area contributed by atoms with E-state index in [0.717, 1.165) is 24.6 Å². The fraction of sp³-hybridized carbons (Fsp3) is 0.667. The van der Waals surface area contributed by atoms with Gasteiger partial charge < -0.3 is 19.4 Å². The van der Waals surface area contributed by atoms with E-state index in [4.69, 9.17) is 9.15 Å². The summed E-state index contributed by atoms with van der Waals surface area (Å²) in [5.41, 5.74) is 0. The van der Waals surface area contributed by atoms with Gasteiger partial charge in [-0.25, -0.2) is 0 Å². The van der Waals surface area contributed by atoms with E-state index in [9.17, 15) is 4.79 Å². The number of hydrogen-bond donors (Lipinski definition) is 1. The zero-order valence-electron chi connectivity index (χ0n) is 12.5. The van der Waals surface area contributed by atoms with Crippen molar-refractivity contribution < 1.29 is 13.9 Å². The lowest BCUT2D eigenvalue weighted by molar-refractivity contribution is -0.137. The summed E-state index contributed by atoms with van der Waals surface area (Å²) >= 11 is 0. The number of carbonyl (C=O) groups is 1. The molecule has 1 aromatic rings. The fourth-order valence-corrected chi connectivity index (χ4v) is 2.36. The third-order valence-corrected chi connectivity index (χ3v) is 3.47. The van der Waals surface area contributed by atoms with Crippen molar-refractivity contribution in [2.45, 2.75) is 45.9 Å². The third kappa shape index (κ3) is 4.08. The largest absolute Gasteiger partial charge is 0.464 e. The molecule has 0 saturated carbocycles. The zero-order valence-corrected chi connectivity index (χ0v) is 12.5. The molecule has 2 heterocycles. The molecule has 0 spiro atoms. The first kappa shape index (κ1) is 15.1. The Hall–Kier alpha value is -1.33. The lowest BCUT2D eigenvalue weighted by atomic mass is 10.1. The van der Waals surface area contributed by atoms with Gasteiger partial charge in [0.2, 0.25) is 5.91 Å². The van der Waals surface area contributed by atoms with Gasteiger partial charge >= 0.3 is 0 Å². The molecule has 1 aliphatic rings. The highest BCUT2D eigenvalue weighted by Crippen LogP contribution is 2.14. The van der Waals surface area contributed by atoms with Crippen LogP contribution in [0.25, 0.3) is 0 Å². The highest BCUT2D eigenvalue weighted by molar-refractivity contribution is 5.77. The van der Waals surface area contributed by atoms with Crippen molar-refractivity contribution >= 4 is 5.91 Å². The predicted molar refractivity (Wildman–Crippen MR) is 76.4 cm³/mol. The highest BCUT2D eigenvalue weighted by atomic mass is 16.5. The number of ether oxygens (including phenoxy) is 1. The third-order valence-electron chi connectivity index (χ3n) is 3.47. The molecule has 1 aliphatic heterocycles. The first-order valence-electron chi connectivity index (χ1n) is 7.23. The van der Waals surface area contributed by atoms with Gasteiger partial charge in [-0.3, -0.25) is 4.79 Å². The van der Waals surface area contributed by atoms with E-state index < -0.39 is 0 Å². The molecule has 0 bridgehead atoms. The minimum Gasteiger partial charge on any atom is -0.464 e. The summed E-state index contributed by atoms with van der Waals surface area (Å²) in [6.07, 6.45) is 0.404. The van der Waals surface area contributed by atoms with Gasteiger partial charge in [-0.05, 0) is 32.9 Å². The number of nitrogens with one attached hydrogen (secondary N) is 1. The lowest BCUT2D eigenvalue weighted by Crippen LogP contribution is -2.44. The number of furan rings is 1. The molecular weight excluding hydrogens is 256 g/mol. The standard InChI is InChI=1S/C15H24N2O3/c1-11(2)17(10-13-5-4-12(3)20-13)15(18)8-14-9-16-6-7-19-14/h4-5,11,14,16H,6-10H2,1-3H3. The first-order chi connectivity index (χ1) is 9.56. The zero-order chi connectivity index (χ0) is 14.5. The Labute approximate surface area is 120 Å². The summed E-state index contributed by atoms with van der Waals surface area (Å²) in [5.74, 6) is 1.81. The Kier molecular flexibility index (Phi) is 5.20. The van der Waals surface area contributed by atoms with Crippen LogP contribution in [0.5, 0.6) is 0 Å². The molecule has 1 N–H and O–H groups in total. The second kappa shape index (κ2) is 6.90. The molecule has 112 valence electrons. The van der Waals surface area contributed by atoms with E-state index in [1.54, 1.807) is 0 Å². The second-order valence-corrected chi connectivity index (χ2v) is 5.53. The molecule has 20 heavy (non-hydrogen) atoms. The molecule has 0 radical (unpaired) electrons. The van der Waals surface area contributed by atoms with E-state index in [-0.39, 0.29) is 18.1 Å². The van der Waals surface area contributed by atoms with Crippen LogP contribution < -0.4 is 5.32 Å². The number of morpholine rings is 1. The quantitative estimate of drug-likeness (QED) is 0.892. The summed E-state index contributed by atoms with van der Waals surface area (Å²) in [4.78, 5) is 14.3. The Morgan fingerprint density at radius 3 is 2.85 bits per heavy atom. The second-order valence-electron chi connectivity index (χ2n) is 5.53. The van der Waals surface area contributed by atoms with E-state index in [1.807, 2.05) is 37.8 Å². The van der Waals surface area contributed by atoms with Crippen molar-refractivity contribution in [1.82, 2.24) is 10.2 Å². The monoisotopic (exact) mass is 280 g/mol. The normalized spacial score (nSPS) is 19.3. The summed E-state index contributed by atoms with van der Waals surface area (Å²) in [6.45, 7) is 8.76. The number of amides is 1. The molecule has 0 aliphatic carbocycles. The van der Waals surface area contributed by atoms with Crippen LogP contribution in [0.4, 0.5) is 0 Å². The van der Waals surface area contributed by atoms with E-state index in [1.165, 1.54) is 0 Å². The Bertz CT molecular complexity index is 436. The number of aryl methyl sites for hydroxylation is 1. The lowest BCUT2D eigenvalue weighted by Gasteiger charge is -2.29. The molecule has 5 heteroatoms. The SMILES string of the molecule is Cc1ccc(CN(C(=O)CC2CNCCO2)C(C)C)o1. The van der Waals surface area contributed by atoms with Gasteiger partial charge in [-0.2, -0.15) is 0 Å². The minimum atomic E-state index is -0.0177. The van der Waals surface area contributed by atoms with Crippen LogP contribution in [0.1, 0.15) is 31.8 Å². The van der Waals surface area contributed by atoms with Crippen LogP contribution in [-0.2, 0) is 16.1 Å². The summed E-state index contributed by atoms with van der Waals surface area (Å²) < 4.78 is 11.2. The topological polar surface area (TPSA) is 54.7 Å². The first-order valence-corrected chi connectivity index (χ1v) is 7.23. The number of nitrogens with zero attached hydrogens (tertiary/aromatic N) is 1. The predicted octanol–water partition coefficient (Wildman–Crippen LogP) is 1.70. The number of hydrogen-bond acceptors (Lipinski definition) is 4. The molecule has 1 fully saturated rings. The van der Waals surface area contributed by atoms with Crippen LogP contribution in [0.3, 0.4) is 0 Å². The number of rotatable bonds is 5. The maximum atomic E-state index is 12.4. The smallest absolute Gasteiger partial charge is 0.225 e. The van der Waals surface area contributed by atoms with Gasteiger partial charge in [0.05, 0.1) is 25.7 Å². The number of carbonyl (C=O) groups excluding carboxylic acids is 1. The van der Waals surface area contributed by atoms with Gasteiger partial charge in [0, 0.05) is 19.1 Å².